The second kappa shape index (κ2) is 8.18. The van der Waals surface area contributed by atoms with Gasteiger partial charge in [0.25, 0.3) is 0 Å². The lowest BCUT2D eigenvalue weighted by atomic mass is 9.98. The Hall–Kier alpha value is -1.93. The SMILES string of the molecule is Cc1ccc(S(=O)(=O)N2CCCC(C(=O)N(C)CC(C)C(=O)O)C2)cc1. The van der Waals surface area contributed by atoms with Gasteiger partial charge in [-0.3, -0.25) is 9.59 Å². The molecule has 144 valence electrons. The molecule has 1 fully saturated rings. The van der Waals surface area contributed by atoms with Crippen molar-refractivity contribution in [2.24, 2.45) is 11.8 Å². The molecular weight excluding hydrogens is 356 g/mol. The predicted octanol–water partition coefficient (Wildman–Crippen LogP) is 1.57. The highest BCUT2D eigenvalue weighted by Crippen LogP contribution is 2.25. The molecule has 0 saturated carbocycles. The van der Waals surface area contributed by atoms with E-state index in [1.54, 1.807) is 38.2 Å². The Morgan fingerprint density at radius 2 is 1.92 bits per heavy atom. The quantitative estimate of drug-likeness (QED) is 0.806. The summed E-state index contributed by atoms with van der Waals surface area (Å²) >= 11 is 0. The zero-order valence-corrected chi connectivity index (χ0v) is 16.2. The van der Waals surface area contributed by atoms with Crippen LogP contribution < -0.4 is 0 Å². The maximum absolute atomic E-state index is 12.8. The van der Waals surface area contributed by atoms with Crippen molar-refractivity contribution in [1.82, 2.24) is 9.21 Å². The van der Waals surface area contributed by atoms with Gasteiger partial charge in [0.15, 0.2) is 0 Å². The van der Waals surface area contributed by atoms with E-state index in [2.05, 4.69) is 0 Å². The number of nitrogens with zero attached hydrogens (tertiary/aromatic N) is 2. The second-order valence-corrected chi connectivity index (χ2v) is 8.91. The molecule has 2 unspecified atom stereocenters. The Bertz CT molecular complexity index is 760. The third-order valence-electron chi connectivity index (χ3n) is 4.74. The van der Waals surface area contributed by atoms with Gasteiger partial charge in [-0.1, -0.05) is 24.6 Å². The number of carbonyl (C=O) groups excluding carboxylic acids is 1. The van der Waals surface area contributed by atoms with Crippen molar-refractivity contribution in [2.75, 3.05) is 26.7 Å². The molecular formula is C18H26N2O5S. The van der Waals surface area contributed by atoms with Crippen LogP contribution in [0.1, 0.15) is 25.3 Å². The minimum absolute atomic E-state index is 0.107. The Morgan fingerprint density at radius 3 is 2.50 bits per heavy atom. The fraction of sp³-hybridized carbons (Fsp3) is 0.556. The van der Waals surface area contributed by atoms with E-state index in [9.17, 15) is 18.0 Å². The summed E-state index contributed by atoms with van der Waals surface area (Å²) in [5.41, 5.74) is 0.977. The zero-order valence-electron chi connectivity index (χ0n) is 15.4. The number of hydrogen-bond donors (Lipinski definition) is 1. The zero-order chi connectivity index (χ0) is 19.5. The third kappa shape index (κ3) is 4.62. The molecule has 1 aromatic carbocycles. The number of amides is 1. The maximum Gasteiger partial charge on any atom is 0.308 e. The predicted molar refractivity (Wildman–Crippen MR) is 97.1 cm³/mol. The van der Waals surface area contributed by atoms with Crippen LogP contribution in [-0.2, 0) is 19.6 Å². The van der Waals surface area contributed by atoms with Gasteiger partial charge in [-0.15, -0.1) is 0 Å². The van der Waals surface area contributed by atoms with E-state index in [0.29, 0.717) is 19.4 Å². The normalized spacial score (nSPS) is 19.7. The fourth-order valence-corrected chi connectivity index (χ4v) is 4.64. The molecule has 1 heterocycles. The minimum Gasteiger partial charge on any atom is -0.481 e. The molecule has 0 bridgehead atoms. The molecule has 1 saturated heterocycles. The van der Waals surface area contributed by atoms with Crippen LogP contribution in [0.15, 0.2) is 29.2 Å². The summed E-state index contributed by atoms with van der Waals surface area (Å²) in [7, 11) is -2.07. The second-order valence-electron chi connectivity index (χ2n) is 6.97. The Kier molecular flexibility index (Phi) is 6.41. The fourth-order valence-electron chi connectivity index (χ4n) is 3.11. The van der Waals surface area contributed by atoms with E-state index in [0.717, 1.165) is 5.56 Å². The van der Waals surface area contributed by atoms with Gasteiger partial charge in [-0.2, -0.15) is 4.31 Å². The van der Waals surface area contributed by atoms with Crippen LogP contribution in [0.25, 0.3) is 0 Å². The van der Waals surface area contributed by atoms with E-state index < -0.39 is 27.8 Å². The molecule has 2 rings (SSSR count). The minimum atomic E-state index is -3.64. The standard InChI is InChI=1S/C18H26N2O5S/c1-13-6-8-16(9-7-13)26(24,25)20-10-4-5-15(12-20)17(21)19(3)11-14(2)18(22)23/h6-9,14-15H,4-5,10-12H2,1-3H3,(H,22,23). The van der Waals surface area contributed by atoms with Gasteiger partial charge in [0.1, 0.15) is 0 Å². The third-order valence-corrected chi connectivity index (χ3v) is 6.62. The van der Waals surface area contributed by atoms with Gasteiger partial charge in [-0.25, -0.2) is 8.42 Å². The van der Waals surface area contributed by atoms with E-state index >= 15 is 0 Å². The summed E-state index contributed by atoms with van der Waals surface area (Å²) in [6.45, 7) is 4.05. The highest BCUT2D eigenvalue weighted by atomic mass is 32.2. The van der Waals surface area contributed by atoms with Crippen molar-refractivity contribution in [2.45, 2.75) is 31.6 Å². The average molecular weight is 382 g/mol. The first kappa shape index (κ1) is 20.4. The summed E-state index contributed by atoms with van der Waals surface area (Å²) in [6.07, 6.45) is 1.20. The number of hydrogen-bond acceptors (Lipinski definition) is 4. The van der Waals surface area contributed by atoms with E-state index in [4.69, 9.17) is 5.11 Å². The van der Waals surface area contributed by atoms with Crippen molar-refractivity contribution in [3.63, 3.8) is 0 Å². The lowest BCUT2D eigenvalue weighted by Crippen LogP contribution is -2.46. The molecule has 1 aromatic rings. The number of aliphatic carboxylic acids is 1. The maximum atomic E-state index is 12.8. The van der Waals surface area contributed by atoms with Crippen molar-refractivity contribution < 1.29 is 23.1 Å². The first-order valence-corrected chi connectivity index (χ1v) is 10.1. The van der Waals surface area contributed by atoms with Gasteiger partial charge < -0.3 is 10.0 Å². The average Bonchev–Trinajstić information content (AvgIpc) is 2.61. The number of carbonyl (C=O) groups is 2. The lowest BCUT2D eigenvalue weighted by Gasteiger charge is -2.33. The summed E-state index contributed by atoms with van der Waals surface area (Å²) in [5, 5.41) is 8.99. The summed E-state index contributed by atoms with van der Waals surface area (Å²) < 4.78 is 27.0. The van der Waals surface area contributed by atoms with E-state index in [-0.39, 0.29) is 23.9 Å². The number of carboxylic acid groups (broad SMARTS) is 1. The van der Waals surface area contributed by atoms with Crippen molar-refractivity contribution in [3.8, 4) is 0 Å². The molecule has 0 spiro atoms. The van der Waals surface area contributed by atoms with Crippen LogP contribution in [0, 0.1) is 18.8 Å². The van der Waals surface area contributed by atoms with Crippen LogP contribution in [0.4, 0.5) is 0 Å². The molecule has 2 atom stereocenters. The smallest absolute Gasteiger partial charge is 0.308 e. The molecule has 0 aromatic heterocycles. The van der Waals surface area contributed by atoms with Crippen molar-refractivity contribution in [3.05, 3.63) is 29.8 Å². The number of carboxylic acids is 1. The topological polar surface area (TPSA) is 95.0 Å². The first-order chi connectivity index (χ1) is 12.1. The molecule has 1 N–H and O–H groups in total. The van der Waals surface area contributed by atoms with E-state index in [1.807, 2.05) is 6.92 Å². The Morgan fingerprint density at radius 1 is 1.31 bits per heavy atom. The summed E-state index contributed by atoms with van der Waals surface area (Å²) in [6, 6.07) is 6.66. The molecule has 1 amide bonds. The Labute approximate surface area is 154 Å². The number of benzene rings is 1. The highest BCUT2D eigenvalue weighted by Gasteiger charge is 2.34. The van der Waals surface area contributed by atoms with E-state index in [1.165, 1.54) is 9.21 Å². The first-order valence-electron chi connectivity index (χ1n) is 8.67. The monoisotopic (exact) mass is 382 g/mol. The highest BCUT2D eigenvalue weighted by molar-refractivity contribution is 7.89. The van der Waals surface area contributed by atoms with Crippen molar-refractivity contribution >= 4 is 21.9 Å². The largest absolute Gasteiger partial charge is 0.481 e. The molecule has 1 aliphatic rings. The molecule has 0 aliphatic carbocycles. The van der Waals surface area contributed by atoms with Crippen LogP contribution in [0.5, 0.6) is 0 Å². The van der Waals surface area contributed by atoms with Gasteiger partial charge in [0.05, 0.1) is 16.7 Å². The van der Waals surface area contributed by atoms with Crippen LogP contribution >= 0.6 is 0 Å². The number of piperidine rings is 1. The number of aryl methyl sites for hydroxylation is 1. The molecule has 7 nitrogen and oxygen atoms in total. The lowest BCUT2D eigenvalue weighted by molar-refractivity contribution is -0.143. The molecule has 8 heteroatoms. The van der Waals surface area contributed by atoms with Gasteiger partial charge >= 0.3 is 5.97 Å². The molecule has 1 aliphatic heterocycles. The number of rotatable bonds is 6. The van der Waals surface area contributed by atoms with Crippen LogP contribution in [0.2, 0.25) is 0 Å². The number of sulfonamides is 1. The summed E-state index contributed by atoms with van der Waals surface area (Å²) in [5.74, 6) is -2.28. The summed E-state index contributed by atoms with van der Waals surface area (Å²) in [4.78, 5) is 25.2. The Balaban J connectivity index is 2.09. The van der Waals surface area contributed by atoms with Crippen LogP contribution in [-0.4, -0.2) is 61.3 Å². The molecule has 0 radical (unpaired) electrons. The van der Waals surface area contributed by atoms with Gasteiger partial charge in [0.2, 0.25) is 15.9 Å². The van der Waals surface area contributed by atoms with Crippen LogP contribution in [0.3, 0.4) is 0 Å². The molecule has 26 heavy (non-hydrogen) atoms. The van der Waals surface area contributed by atoms with Gasteiger partial charge in [-0.05, 0) is 31.9 Å². The van der Waals surface area contributed by atoms with Crippen molar-refractivity contribution in [1.29, 1.82) is 0 Å². The van der Waals surface area contributed by atoms with Gasteiger partial charge in [0, 0.05) is 26.7 Å².